The normalized spacial score (nSPS) is 33.9. The van der Waals surface area contributed by atoms with Gasteiger partial charge in [-0.25, -0.2) is 19.3 Å². The van der Waals surface area contributed by atoms with Crippen LogP contribution in [0.2, 0.25) is 0 Å². The van der Waals surface area contributed by atoms with E-state index in [0.717, 1.165) is 0 Å². The van der Waals surface area contributed by atoms with E-state index in [-0.39, 0.29) is 17.0 Å². The first kappa shape index (κ1) is 13.4. The molecule has 8 nitrogen and oxygen atoms in total. The Hall–Kier alpha value is -1.55. The first-order valence-electron chi connectivity index (χ1n) is 5.72. The standard InChI is InChI=1S/C10H11ClFN5O3/c11-10(12)6(19)4(1-18)20-9(10)17-3-16-5-7(13)14-2-15-8(5)17/h2-4,6,9,18-19H,1H2,(H2,13,14,15)/t4-,6-,9-,10+/m1/s1. The van der Waals surface area contributed by atoms with Gasteiger partial charge < -0.3 is 20.7 Å². The molecular weight excluding hydrogens is 293 g/mol. The number of ether oxygens (including phenoxy) is 1. The van der Waals surface area contributed by atoms with Crippen LogP contribution in [0.15, 0.2) is 12.7 Å². The number of rotatable bonds is 2. The lowest BCUT2D eigenvalue weighted by Gasteiger charge is -2.22. The van der Waals surface area contributed by atoms with Crippen molar-refractivity contribution in [2.45, 2.75) is 23.6 Å². The smallest absolute Gasteiger partial charge is 0.256 e. The summed E-state index contributed by atoms with van der Waals surface area (Å²) in [6.45, 7) is -0.570. The van der Waals surface area contributed by atoms with Gasteiger partial charge in [0.25, 0.3) is 5.13 Å². The summed E-state index contributed by atoms with van der Waals surface area (Å²) >= 11 is 5.71. The summed E-state index contributed by atoms with van der Waals surface area (Å²) in [6.07, 6.45) is -1.78. The summed E-state index contributed by atoms with van der Waals surface area (Å²) < 4.78 is 20.9. The molecule has 0 aliphatic carbocycles. The van der Waals surface area contributed by atoms with Crippen molar-refractivity contribution in [2.24, 2.45) is 0 Å². The Morgan fingerprint density at radius 1 is 1.50 bits per heavy atom. The summed E-state index contributed by atoms with van der Waals surface area (Å²) in [5, 5.41) is 16.2. The molecule has 108 valence electrons. The van der Waals surface area contributed by atoms with Gasteiger partial charge in [-0.15, -0.1) is 0 Å². The van der Waals surface area contributed by atoms with Crippen LogP contribution < -0.4 is 5.73 Å². The van der Waals surface area contributed by atoms with Gasteiger partial charge in [-0.3, -0.25) is 4.57 Å². The van der Waals surface area contributed by atoms with E-state index in [1.165, 1.54) is 17.2 Å². The second-order valence-corrected chi connectivity index (χ2v) is 4.99. The molecule has 0 aromatic carbocycles. The highest BCUT2D eigenvalue weighted by atomic mass is 35.5. The number of anilines is 1. The summed E-state index contributed by atoms with van der Waals surface area (Å²) in [4.78, 5) is 11.7. The fourth-order valence-corrected chi connectivity index (χ4v) is 2.46. The van der Waals surface area contributed by atoms with Gasteiger partial charge in [-0.2, -0.15) is 0 Å². The first-order chi connectivity index (χ1) is 9.46. The van der Waals surface area contributed by atoms with Crippen molar-refractivity contribution < 1.29 is 19.3 Å². The van der Waals surface area contributed by atoms with E-state index in [0.29, 0.717) is 0 Å². The predicted molar refractivity (Wildman–Crippen MR) is 66.4 cm³/mol. The summed E-state index contributed by atoms with van der Waals surface area (Å²) in [5.74, 6) is 0.130. The van der Waals surface area contributed by atoms with Gasteiger partial charge in [0.1, 0.15) is 24.1 Å². The van der Waals surface area contributed by atoms with Crippen molar-refractivity contribution in [1.29, 1.82) is 0 Å². The molecule has 1 aliphatic heterocycles. The molecular formula is C10H11ClFN5O3. The average molecular weight is 304 g/mol. The number of aliphatic hydroxyl groups is 2. The van der Waals surface area contributed by atoms with Crippen LogP contribution in [0.25, 0.3) is 11.2 Å². The van der Waals surface area contributed by atoms with E-state index in [9.17, 15) is 9.50 Å². The Morgan fingerprint density at radius 3 is 2.90 bits per heavy atom. The largest absolute Gasteiger partial charge is 0.394 e. The number of halogens is 2. The van der Waals surface area contributed by atoms with E-state index in [2.05, 4.69) is 15.0 Å². The Kier molecular flexibility index (Phi) is 3.01. The zero-order chi connectivity index (χ0) is 14.5. The van der Waals surface area contributed by atoms with Crippen LogP contribution in [0.5, 0.6) is 0 Å². The van der Waals surface area contributed by atoms with Crippen molar-refractivity contribution in [1.82, 2.24) is 19.5 Å². The topological polar surface area (TPSA) is 119 Å². The average Bonchev–Trinajstić information content (AvgIpc) is 2.92. The molecule has 20 heavy (non-hydrogen) atoms. The maximum Gasteiger partial charge on any atom is 0.256 e. The maximum absolute atomic E-state index is 14.5. The highest BCUT2D eigenvalue weighted by Crippen LogP contribution is 2.45. The molecule has 2 aromatic heterocycles. The molecule has 0 saturated carbocycles. The molecule has 0 unspecified atom stereocenters. The Morgan fingerprint density at radius 2 is 2.25 bits per heavy atom. The molecule has 0 radical (unpaired) electrons. The second kappa shape index (κ2) is 4.48. The molecule has 0 spiro atoms. The van der Waals surface area contributed by atoms with E-state index in [1.54, 1.807) is 0 Å². The molecule has 10 heteroatoms. The number of nitrogen functional groups attached to an aromatic ring is 1. The molecule has 4 N–H and O–H groups in total. The minimum Gasteiger partial charge on any atom is -0.394 e. The Labute approximate surface area is 117 Å². The molecule has 4 atom stereocenters. The third kappa shape index (κ3) is 1.74. The Bertz CT molecular complexity index is 651. The van der Waals surface area contributed by atoms with Crippen LogP contribution >= 0.6 is 11.6 Å². The number of fused-ring (bicyclic) bond motifs is 1. The van der Waals surface area contributed by atoms with Crippen LogP contribution in [-0.4, -0.2) is 53.7 Å². The highest BCUT2D eigenvalue weighted by molar-refractivity contribution is 6.23. The van der Waals surface area contributed by atoms with Crippen molar-refractivity contribution >= 4 is 28.6 Å². The van der Waals surface area contributed by atoms with Gasteiger partial charge in [-0.05, 0) is 0 Å². The van der Waals surface area contributed by atoms with Gasteiger partial charge in [0.05, 0.1) is 12.9 Å². The molecule has 2 aromatic rings. The molecule has 3 heterocycles. The number of imidazole rings is 1. The Balaban J connectivity index is 2.10. The van der Waals surface area contributed by atoms with Crippen molar-refractivity contribution in [2.75, 3.05) is 12.3 Å². The lowest BCUT2D eigenvalue weighted by Crippen LogP contribution is -2.38. The third-order valence-corrected chi connectivity index (χ3v) is 3.61. The van der Waals surface area contributed by atoms with Crippen molar-refractivity contribution in [3.8, 4) is 0 Å². The molecule has 1 aliphatic rings. The quantitative estimate of drug-likeness (QED) is 0.644. The van der Waals surface area contributed by atoms with Crippen LogP contribution in [0.1, 0.15) is 6.23 Å². The van der Waals surface area contributed by atoms with Gasteiger partial charge in [0.15, 0.2) is 17.7 Å². The van der Waals surface area contributed by atoms with Crippen LogP contribution in [0.3, 0.4) is 0 Å². The lowest BCUT2D eigenvalue weighted by molar-refractivity contribution is -0.0482. The number of nitrogens with zero attached hydrogens (tertiary/aromatic N) is 4. The van der Waals surface area contributed by atoms with E-state index in [4.69, 9.17) is 27.2 Å². The monoisotopic (exact) mass is 303 g/mol. The van der Waals surface area contributed by atoms with Crippen molar-refractivity contribution in [3.63, 3.8) is 0 Å². The first-order valence-corrected chi connectivity index (χ1v) is 6.09. The van der Waals surface area contributed by atoms with Crippen LogP contribution in [0, 0.1) is 0 Å². The predicted octanol–water partition coefficient (Wildman–Crippen LogP) is -0.436. The number of hydrogen-bond acceptors (Lipinski definition) is 7. The fraction of sp³-hybridized carbons (Fsp3) is 0.500. The van der Waals surface area contributed by atoms with Crippen molar-refractivity contribution in [3.05, 3.63) is 12.7 Å². The zero-order valence-corrected chi connectivity index (χ0v) is 10.8. The molecule has 1 fully saturated rings. The van der Waals surface area contributed by atoms with Gasteiger partial charge >= 0.3 is 0 Å². The number of aromatic nitrogens is 4. The number of nitrogens with two attached hydrogens (primary N) is 1. The number of hydrogen-bond donors (Lipinski definition) is 3. The second-order valence-electron chi connectivity index (χ2n) is 4.41. The molecule has 1 saturated heterocycles. The van der Waals surface area contributed by atoms with E-state index < -0.39 is 30.2 Å². The summed E-state index contributed by atoms with van der Waals surface area (Å²) in [5.41, 5.74) is 6.12. The van der Waals surface area contributed by atoms with Crippen LogP contribution in [-0.2, 0) is 4.74 Å². The summed E-state index contributed by atoms with van der Waals surface area (Å²) in [6, 6.07) is 0. The van der Waals surface area contributed by atoms with Gasteiger partial charge in [-0.1, -0.05) is 11.6 Å². The van der Waals surface area contributed by atoms with E-state index >= 15 is 0 Å². The minimum atomic E-state index is -2.62. The summed E-state index contributed by atoms with van der Waals surface area (Å²) in [7, 11) is 0. The SMILES string of the molecule is Nc1ncnc2c1ncn2[C@@H]1O[C@H](CO)[C@@H](O)[C@@]1(F)Cl. The van der Waals surface area contributed by atoms with Crippen LogP contribution in [0.4, 0.5) is 10.2 Å². The van der Waals surface area contributed by atoms with E-state index in [1.807, 2.05) is 0 Å². The fourth-order valence-electron chi connectivity index (χ4n) is 2.16. The molecule has 0 amide bonds. The zero-order valence-electron chi connectivity index (χ0n) is 10.0. The number of aliphatic hydroxyl groups excluding tert-OH is 2. The lowest BCUT2D eigenvalue weighted by atomic mass is 10.1. The third-order valence-electron chi connectivity index (χ3n) is 3.20. The molecule has 0 bridgehead atoms. The molecule has 3 rings (SSSR count). The highest BCUT2D eigenvalue weighted by Gasteiger charge is 2.57. The minimum absolute atomic E-state index is 0.130. The number of alkyl halides is 2. The van der Waals surface area contributed by atoms with Gasteiger partial charge in [0, 0.05) is 0 Å². The maximum atomic E-state index is 14.5. The van der Waals surface area contributed by atoms with Gasteiger partial charge in [0.2, 0.25) is 0 Å².